The normalized spacial score (nSPS) is 20.8. The first-order valence-electron chi connectivity index (χ1n) is 9.23. The first-order valence-corrected chi connectivity index (χ1v) is 10.7. The van der Waals surface area contributed by atoms with Gasteiger partial charge in [-0.05, 0) is 44.5 Å². The van der Waals surface area contributed by atoms with Gasteiger partial charge in [-0.25, -0.2) is 13.4 Å². The van der Waals surface area contributed by atoms with Gasteiger partial charge >= 0.3 is 0 Å². The van der Waals surface area contributed by atoms with E-state index < -0.39 is 10.0 Å². The smallest absolute Gasteiger partial charge is 0.265 e. The Balaban J connectivity index is 1.77. The zero-order chi connectivity index (χ0) is 18.7. The van der Waals surface area contributed by atoms with Crippen LogP contribution in [0.1, 0.15) is 35.2 Å². The third-order valence-corrected chi connectivity index (χ3v) is 7.06. The summed E-state index contributed by atoms with van der Waals surface area (Å²) in [7, 11) is -1.49. The fourth-order valence-corrected chi connectivity index (χ4v) is 4.93. The maximum absolute atomic E-state index is 12.9. The average molecular weight is 381 g/mol. The van der Waals surface area contributed by atoms with Crippen LogP contribution in [0.4, 0.5) is 0 Å². The maximum atomic E-state index is 12.9. The van der Waals surface area contributed by atoms with Crippen molar-refractivity contribution in [1.29, 1.82) is 0 Å². The highest BCUT2D eigenvalue weighted by Crippen LogP contribution is 2.23. The van der Waals surface area contributed by atoms with Crippen molar-refractivity contribution in [2.24, 2.45) is 0 Å². The second-order valence-electron chi connectivity index (χ2n) is 7.17. The molecule has 0 atom stereocenters. The average Bonchev–Trinajstić information content (AvgIpc) is 2.64. The van der Waals surface area contributed by atoms with Gasteiger partial charge in [0.25, 0.3) is 5.91 Å². The molecular formula is C18H28N4O3S. The zero-order valence-corrected chi connectivity index (χ0v) is 16.4. The SMILES string of the molecule is Cc1ccc(S(=O)(=O)N2CCCCC2)cc1C(=O)NN1CCN(C)CC1. The molecule has 3 rings (SSSR count). The Hall–Kier alpha value is -1.48. The van der Waals surface area contributed by atoms with Gasteiger partial charge in [-0.15, -0.1) is 0 Å². The van der Waals surface area contributed by atoms with E-state index in [9.17, 15) is 13.2 Å². The van der Waals surface area contributed by atoms with Crippen LogP contribution in [0.5, 0.6) is 0 Å². The number of sulfonamides is 1. The summed E-state index contributed by atoms with van der Waals surface area (Å²) in [5.74, 6) is -0.247. The highest BCUT2D eigenvalue weighted by atomic mass is 32.2. The lowest BCUT2D eigenvalue weighted by Gasteiger charge is -2.32. The second kappa shape index (κ2) is 8.04. The Kier molecular flexibility index (Phi) is 5.96. The third-order valence-electron chi connectivity index (χ3n) is 5.17. The number of nitrogens with zero attached hydrogens (tertiary/aromatic N) is 3. The molecule has 0 bridgehead atoms. The van der Waals surface area contributed by atoms with Gasteiger partial charge in [0.15, 0.2) is 0 Å². The molecule has 7 nitrogen and oxygen atoms in total. The molecule has 0 saturated carbocycles. The summed E-state index contributed by atoms with van der Waals surface area (Å²) in [6.45, 7) is 6.24. The van der Waals surface area contributed by atoms with Gasteiger partial charge in [-0.1, -0.05) is 12.5 Å². The predicted molar refractivity (Wildman–Crippen MR) is 100 cm³/mol. The number of carbonyl (C=O) groups is 1. The van der Waals surface area contributed by atoms with Crippen LogP contribution in [-0.2, 0) is 10.0 Å². The molecule has 1 N–H and O–H groups in total. The standard InChI is InChI=1S/C18H28N4O3S/c1-15-6-7-16(26(24,25)22-8-4-3-5-9-22)14-17(15)18(23)19-21-12-10-20(2)11-13-21/h6-7,14H,3-5,8-13H2,1-2H3,(H,19,23). The third kappa shape index (κ3) is 4.25. The molecule has 0 aliphatic carbocycles. The number of nitrogens with one attached hydrogen (secondary N) is 1. The van der Waals surface area contributed by atoms with E-state index >= 15 is 0 Å². The first-order chi connectivity index (χ1) is 12.4. The van der Waals surface area contributed by atoms with Gasteiger partial charge in [0.1, 0.15) is 0 Å². The summed E-state index contributed by atoms with van der Waals surface area (Å²) >= 11 is 0. The first kappa shape index (κ1) is 19.3. The number of carbonyl (C=O) groups excluding carboxylic acids is 1. The van der Waals surface area contributed by atoms with E-state index in [1.165, 1.54) is 10.4 Å². The molecule has 26 heavy (non-hydrogen) atoms. The van der Waals surface area contributed by atoms with Crippen molar-refractivity contribution in [1.82, 2.24) is 19.6 Å². The number of benzene rings is 1. The van der Waals surface area contributed by atoms with Crippen LogP contribution >= 0.6 is 0 Å². The lowest BCUT2D eigenvalue weighted by atomic mass is 10.1. The summed E-state index contributed by atoms with van der Waals surface area (Å²) < 4.78 is 27.3. The van der Waals surface area contributed by atoms with Crippen LogP contribution in [0, 0.1) is 6.92 Å². The molecule has 1 aromatic carbocycles. The molecule has 0 spiro atoms. The molecule has 0 aromatic heterocycles. The Bertz CT molecular complexity index is 752. The Labute approximate surface area is 156 Å². The molecule has 2 fully saturated rings. The van der Waals surface area contributed by atoms with E-state index in [-0.39, 0.29) is 10.8 Å². The number of hydrazine groups is 1. The number of rotatable bonds is 4. The minimum atomic E-state index is -3.54. The number of amides is 1. The van der Waals surface area contributed by atoms with Crippen molar-refractivity contribution in [3.63, 3.8) is 0 Å². The summed E-state index contributed by atoms with van der Waals surface area (Å²) in [4.78, 5) is 15.1. The van der Waals surface area contributed by atoms with Gasteiger partial charge in [0.05, 0.1) is 4.90 Å². The van der Waals surface area contributed by atoms with Crippen LogP contribution in [0.2, 0.25) is 0 Å². The molecule has 144 valence electrons. The van der Waals surface area contributed by atoms with Gasteiger partial charge < -0.3 is 4.90 Å². The molecular weight excluding hydrogens is 352 g/mol. The Morgan fingerprint density at radius 2 is 1.65 bits per heavy atom. The van der Waals surface area contributed by atoms with Gasteiger partial charge in [0.2, 0.25) is 10.0 Å². The zero-order valence-electron chi connectivity index (χ0n) is 15.6. The second-order valence-corrected chi connectivity index (χ2v) is 9.11. The largest absolute Gasteiger partial charge is 0.304 e. The molecule has 1 aromatic rings. The molecule has 2 heterocycles. The monoisotopic (exact) mass is 380 g/mol. The lowest BCUT2D eigenvalue weighted by molar-refractivity contribution is 0.0661. The van der Waals surface area contributed by atoms with Crippen LogP contribution in [0.15, 0.2) is 23.1 Å². The van der Waals surface area contributed by atoms with E-state index in [1.54, 1.807) is 12.1 Å². The highest BCUT2D eigenvalue weighted by Gasteiger charge is 2.27. The minimum absolute atomic E-state index is 0.202. The van der Waals surface area contributed by atoms with E-state index in [1.807, 2.05) is 11.9 Å². The molecule has 8 heteroatoms. The molecule has 0 radical (unpaired) electrons. The molecule has 2 aliphatic rings. The summed E-state index contributed by atoms with van der Waals surface area (Å²) in [6, 6.07) is 4.84. The number of piperazine rings is 1. The summed E-state index contributed by atoms with van der Waals surface area (Å²) in [6.07, 6.45) is 2.85. The predicted octanol–water partition coefficient (Wildman–Crippen LogP) is 1.06. The van der Waals surface area contributed by atoms with Crippen molar-refractivity contribution < 1.29 is 13.2 Å². The fourth-order valence-electron chi connectivity index (χ4n) is 3.38. The van der Waals surface area contributed by atoms with E-state index in [0.29, 0.717) is 18.7 Å². The highest BCUT2D eigenvalue weighted by molar-refractivity contribution is 7.89. The lowest BCUT2D eigenvalue weighted by Crippen LogP contribution is -2.52. The van der Waals surface area contributed by atoms with Crippen molar-refractivity contribution in [3.05, 3.63) is 29.3 Å². The van der Waals surface area contributed by atoms with Crippen LogP contribution in [0.25, 0.3) is 0 Å². The summed E-state index contributed by atoms with van der Waals surface area (Å²) in [5, 5.41) is 1.90. The maximum Gasteiger partial charge on any atom is 0.265 e. The summed E-state index contributed by atoms with van der Waals surface area (Å²) in [5.41, 5.74) is 4.11. The number of piperidine rings is 1. The van der Waals surface area contributed by atoms with Crippen molar-refractivity contribution in [2.75, 3.05) is 46.3 Å². The number of likely N-dealkylation sites (N-methyl/N-ethyl adjacent to an activating group) is 1. The Morgan fingerprint density at radius 3 is 2.31 bits per heavy atom. The molecule has 1 amide bonds. The topological polar surface area (TPSA) is 73.0 Å². The van der Waals surface area contributed by atoms with Crippen LogP contribution in [-0.4, -0.2) is 74.9 Å². The van der Waals surface area contributed by atoms with Crippen molar-refractivity contribution in [2.45, 2.75) is 31.1 Å². The van der Waals surface area contributed by atoms with E-state index in [0.717, 1.165) is 51.0 Å². The molecule has 0 unspecified atom stereocenters. The number of aryl methyl sites for hydroxylation is 1. The van der Waals surface area contributed by atoms with Crippen molar-refractivity contribution >= 4 is 15.9 Å². The van der Waals surface area contributed by atoms with Gasteiger partial charge in [-0.3, -0.25) is 10.2 Å². The van der Waals surface area contributed by atoms with Crippen molar-refractivity contribution in [3.8, 4) is 0 Å². The molecule has 2 saturated heterocycles. The van der Waals surface area contributed by atoms with Crippen LogP contribution < -0.4 is 5.43 Å². The van der Waals surface area contributed by atoms with Gasteiger partial charge in [0, 0.05) is 44.8 Å². The fraction of sp³-hybridized carbons (Fsp3) is 0.611. The van der Waals surface area contributed by atoms with Gasteiger partial charge in [-0.2, -0.15) is 4.31 Å². The minimum Gasteiger partial charge on any atom is -0.304 e. The van der Waals surface area contributed by atoms with E-state index in [2.05, 4.69) is 17.4 Å². The van der Waals surface area contributed by atoms with Crippen LogP contribution in [0.3, 0.4) is 0 Å². The molecule has 2 aliphatic heterocycles. The van der Waals surface area contributed by atoms with E-state index in [4.69, 9.17) is 0 Å². The number of hydrogen-bond acceptors (Lipinski definition) is 5. The number of hydrogen-bond donors (Lipinski definition) is 1. The quantitative estimate of drug-likeness (QED) is 0.846. The Morgan fingerprint density at radius 1 is 1.00 bits per heavy atom.